The summed E-state index contributed by atoms with van der Waals surface area (Å²) in [5.74, 6) is 1.47. The standard InChI is InChI=1S/C26H26BrNO3/c1-17(2)11-12-26(29,23-10-7-13-31-23)22-16-20(27)14-19-15-21(18-8-5-4-6-9-18)25(30-3)28-24(19)22/h4-10,13-17,29H,11-12H2,1-3H3. The Hall–Kier alpha value is -2.63. The molecule has 4 nitrogen and oxygen atoms in total. The maximum absolute atomic E-state index is 12.0. The van der Waals surface area contributed by atoms with Crippen LogP contribution >= 0.6 is 15.9 Å². The molecule has 4 rings (SSSR count). The number of fused-ring (bicyclic) bond motifs is 1. The van der Waals surface area contributed by atoms with Crippen LogP contribution in [0, 0.1) is 5.92 Å². The fraction of sp³-hybridized carbons (Fsp3) is 0.269. The number of aliphatic hydroxyl groups is 1. The second-order valence-electron chi connectivity index (χ2n) is 8.21. The number of hydrogen-bond acceptors (Lipinski definition) is 4. The van der Waals surface area contributed by atoms with Crippen molar-refractivity contribution in [1.29, 1.82) is 0 Å². The lowest BCUT2D eigenvalue weighted by molar-refractivity contribution is 0.0434. The van der Waals surface area contributed by atoms with Gasteiger partial charge in [0.2, 0.25) is 5.88 Å². The van der Waals surface area contributed by atoms with Crippen molar-refractivity contribution >= 4 is 26.8 Å². The van der Waals surface area contributed by atoms with E-state index in [-0.39, 0.29) is 0 Å². The summed E-state index contributed by atoms with van der Waals surface area (Å²) in [4.78, 5) is 4.87. The lowest BCUT2D eigenvalue weighted by Gasteiger charge is -2.29. The Labute approximate surface area is 191 Å². The van der Waals surface area contributed by atoms with Crippen LogP contribution in [0.15, 0.2) is 75.8 Å². The topological polar surface area (TPSA) is 55.5 Å². The average Bonchev–Trinajstić information content (AvgIpc) is 3.32. The number of nitrogens with zero attached hydrogens (tertiary/aromatic N) is 1. The zero-order valence-electron chi connectivity index (χ0n) is 17.9. The zero-order chi connectivity index (χ0) is 22.0. The van der Waals surface area contributed by atoms with Crippen LogP contribution in [0.1, 0.15) is 38.0 Å². The second kappa shape index (κ2) is 8.85. The van der Waals surface area contributed by atoms with Crippen molar-refractivity contribution in [2.75, 3.05) is 7.11 Å². The molecule has 0 aliphatic carbocycles. The smallest absolute Gasteiger partial charge is 0.221 e. The van der Waals surface area contributed by atoms with Crippen LogP contribution in [0.5, 0.6) is 5.88 Å². The maximum Gasteiger partial charge on any atom is 0.221 e. The molecule has 1 N–H and O–H groups in total. The first-order valence-electron chi connectivity index (χ1n) is 10.4. The zero-order valence-corrected chi connectivity index (χ0v) is 19.5. The minimum absolute atomic E-state index is 0.437. The first kappa shape index (κ1) is 21.6. The minimum Gasteiger partial charge on any atom is -0.481 e. The van der Waals surface area contributed by atoms with Gasteiger partial charge in [0.15, 0.2) is 0 Å². The highest BCUT2D eigenvalue weighted by molar-refractivity contribution is 9.10. The Morgan fingerprint density at radius 1 is 1.10 bits per heavy atom. The van der Waals surface area contributed by atoms with Crippen molar-refractivity contribution in [3.8, 4) is 17.0 Å². The predicted molar refractivity (Wildman–Crippen MR) is 127 cm³/mol. The van der Waals surface area contributed by atoms with Crippen molar-refractivity contribution in [1.82, 2.24) is 4.98 Å². The van der Waals surface area contributed by atoms with Crippen LogP contribution in [-0.2, 0) is 5.60 Å². The molecule has 2 heterocycles. The average molecular weight is 480 g/mol. The number of aromatic nitrogens is 1. The van der Waals surface area contributed by atoms with Gasteiger partial charge in [0.05, 0.1) is 18.9 Å². The molecule has 0 radical (unpaired) electrons. The Balaban J connectivity index is 1.97. The number of benzene rings is 2. The van der Waals surface area contributed by atoms with Gasteiger partial charge < -0.3 is 14.3 Å². The van der Waals surface area contributed by atoms with Gasteiger partial charge in [-0.3, -0.25) is 0 Å². The lowest BCUT2D eigenvalue weighted by Crippen LogP contribution is -2.28. The van der Waals surface area contributed by atoms with Gasteiger partial charge in [-0.2, -0.15) is 0 Å². The summed E-state index contributed by atoms with van der Waals surface area (Å²) in [6, 6.07) is 19.7. The van der Waals surface area contributed by atoms with Gasteiger partial charge >= 0.3 is 0 Å². The van der Waals surface area contributed by atoms with Crippen molar-refractivity contribution < 1.29 is 14.3 Å². The fourth-order valence-corrected chi connectivity index (χ4v) is 4.41. The summed E-state index contributed by atoms with van der Waals surface area (Å²) in [5, 5.41) is 12.9. The Morgan fingerprint density at radius 2 is 1.87 bits per heavy atom. The molecular weight excluding hydrogens is 454 g/mol. The molecule has 0 aliphatic rings. The number of halogens is 1. The normalized spacial score (nSPS) is 13.5. The first-order chi connectivity index (χ1) is 14.9. The number of furan rings is 1. The molecule has 4 aromatic rings. The summed E-state index contributed by atoms with van der Waals surface area (Å²) in [6.07, 6.45) is 2.95. The fourth-order valence-electron chi connectivity index (χ4n) is 3.93. The van der Waals surface area contributed by atoms with E-state index < -0.39 is 5.60 Å². The third-order valence-electron chi connectivity index (χ3n) is 5.58. The molecular formula is C26H26BrNO3. The van der Waals surface area contributed by atoms with Gasteiger partial charge in [0, 0.05) is 21.0 Å². The Kier molecular flexibility index (Phi) is 6.17. The van der Waals surface area contributed by atoms with Crippen LogP contribution in [0.25, 0.3) is 22.0 Å². The number of ether oxygens (including phenoxy) is 1. The van der Waals surface area contributed by atoms with Crippen molar-refractivity contribution in [2.24, 2.45) is 5.92 Å². The molecule has 5 heteroatoms. The van der Waals surface area contributed by atoms with Crippen LogP contribution < -0.4 is 4.74 Å². The third kappa shape index (κ3) is 4.25. The van der Waals surface area contributed by atoms with Crippen molar-refractivity contribution in [3.63, 3.8) is 0 Å². The molecule has 0 amide bonds. The van der Waals surface area contributed by atoms with Gasteiger partial charge in [-0.15, -0.1) is 0 Å². The van der Waals surface area contributed by atoms with Crippen LogP contribution in [0.3, 0.4) is 0 Å². The molecule has 0 aliphatic heterocycles. The first-order valence-corrected chi connectivity index (χ1v) is 11.2. The van der Waals surface area contributed by atoms with Crippen LogP contribution in [0.2, 0.25) is 0 Å². The lowest BCUT2D eigenvalue weighted by atomic mass is 9.83. The summed E-state index contributed by atoms with van der Waals surface area (Å²) in [5.41, 5.74) is 2.02. The van der Waals surface area contributed by atoms with Gasteiger partial charge in [0.25, 0.3) is 0 Å². The van der Waals surface area contributed by atoms with E-state index in [1.807, 2.05) is 48.5 Å². The molecule has 31 heavy (non-hydrogen) atoms. The largest absolute Gasteiger partial charge is 0.481 e. The van der Waals surface area contributed by atoms with Gasteiger partial charge in [-0.1, -0.05) is 60.1 Å². The van der Waals surface area contributed by atoms with Crippen molar-refractivity contribution in [2.45, 2.75) is 32.3 Å². The second-order valence-corrected chi connectivity index (χ2v) is 9.12. The molecule has 1 unspecified atom stereocenters. The molecule has 160 valence electrons. The van der Waals surface area contributed by atoms with E-state index in [4.69, 9.17) is 14.1 Å². The summed E-state index contributed by atoms with van der Waals surface area (Å²) >= 11 is 3.63. The van der Waals surface area contributed by atoms with E-state index in [1.54, 1.807) is 19.4 Å². The van der Waals surface area contributed by atoms with E-state index in [2.05, 4.69) is 35.8 Å². The molecule has 0 bridgehead atoms. The maximum atomic E-state index is 12.0. The van der Waals surface area contributed by atoms with E-state index >= 15 is 0 Å². The molecule has 2 aromatic heterocycles. The van der Waals surface area contributed by atoms with E-state index in [0.29, 0.717) is 35.1 Å². The highest BCUT2D eigenvalue weighted by Gasteiger charge is 2.37. The number of pyridine rings is 1. The molecule has 0 fully saturated rings. The number of methoxy groups -OCH3 is 1. The monoisotopic (exact) mass is 479 g/mol. The third-order valence-corrected chi connectivity index (χ3v) is 6.04. The Bertz CT molecular complexity index is 1170. The Morgan fingerprint density at radius 3 is 2.52 bits per heavy atom. The number of hydrogen-bond donors (Lipinski definition) is 1. The number of rotatable bonds is 7. The molecule has 0 saturated heterocycles. The summed E-state index contributed by atoms with van der Waals surface area (Å²) in [6.45, 7) is 4.30. The van der Waals surface area contributed by atoms with E-state index in [1.165, 1.54) is 0 Å². The van der Waals surface area contributed by atoms with Crippen LogP contribution in [-0.4, -0.2) is 17.2 Å². The quantitative estimate of drug-likeness (QED) is 0.311. The summed E-state index contributed by atoms with van der Waals surface area (Å²) < 4.78 is 12.2. The molecule has 0 spiro atoms. The van der Waals surface area contributed by atoms with E-state index in [0.717, 1.165) is 27.4 Å². The highest BCUT2D eigenvalue weighted by Crippen LogP contribution is 2.42. The minimum atomic E-state index is -1.30. The van der Waals surface area contributed by atoms with Gasteiger partial charge in [0.1, 0.15) is 11.4 Å². The molecule has 2 aromatic carbocycles. The van der Waals surface area contributed by atoms with Gasteiger partial charge in [-0.05, 0) is 54.7 Å². The van der Waals surface area contributed by atoms with Gasteiger partial charge in [-0.25, -0.2) is 4.98 Å². The predicted octanol–water partition coefficient (Wildman–Crippen LogP) is 6.94. The summed E-state index contributed by atoms with van der Waals surface area (Å²) in [7, 11) is 1.62. The molecule has 1 atom stereocenters. The van der Waals surface area contributed by atoms with E-state index in [9.17, 15) is 5.11 Å². The van der Waals surface area contributed by atoms with Crippen LogP contribution in [0.4, 0.5) is 0 Å². The SMILES string of the molecule is COc1nc2c(C(O)(CCC(C)C)c3ccco3)cc(Br)cc2cc1-c1ccccc1. The molecule has 0 saturated carbocycles. The van der Waals surface area contributed by atoms with Crippen molar-refractivity contribution in [3.05, 3.63) is 82.7 Å². The highest BCUT2D eigenvalue weighted by atomic mass is 79.9.